The number of H-pyrrole nitrogens is 1. The Morgan fingerprint density at radius 2 is 2.29 bits per heavy atom. The fourth-order valence-electron chi connectivity index (χ4n) is 2.70. The molecule has 1 amide bonds. The van der Waals surface area contributed by atoms with Gasteiger partial charge in [0.05, 0.1) is 6.20 Å². The minimum Gasteiger partial charge on any atom is -0.345 e. The number of amides is 1. The minimum atomic E-state index is 0.316. The highest BCUT2D eigenvalue weighted by atomic mass is 16.1. The molecule has 21 heavy (non-hydrogen) atoms. The molecule has 1 saturated heterocycles. The fraction of sp³-hybridized carbons (Fsp3) is 0.412. The van der Waals surface area contributed by atoms with Crippen LogP contribution in [-0.4, -0.2) is 34.6 Å². The molecule has 1 aliphatic heterocycles. The number of carbonyl (C=O) groups is 1. The van der Waals surface area contributed by atoms with E-state index in [2.05, 4.69) is 42.8 Å². The first-order valence-corrected chi connectivity index (χ1v) is 7.36. The summed E-state index contributed by atoms with van der Waals surface area (Å²) in [5, 5.41) is 7.32. The number of nitrogens with one attached hydrogen (secondary N) is 1. The van der Waals surface area contributed by atoms with Crippen LogP contribution >= 0.6 is 0 Å². The number of allylic oxidation sites excluding steroid dienone is 5. The Hall–Kier alpha value is -2.10. The lowest BCUT2D eigenvalue weighted by atomic mass is 9.90. The third-order valence-corrected chi connectivity index (χ3v) is 3.81. The predicted molar refractivity (Wildman–Crippen MR) is 85.8 cm³/mol. The molecule has 1 unspecified atom stereocenters. The third-order valence-electron chi connectivity index (χ3n) is 3.81. The molecule has 2 heterocycles. The van der Waals surface area contributed by atoms with E-state index in [0.717, 1.165) is 49.2 Å². The van der Waals surface area contributed by atoms with E-state index >= 15 is 0 Å². The molecule has 1 aromatic rings. The number of aromatic amines is 1. The summed E-state index contributed by atoms with van der Waals surface area (Å²) >= 11 is 0. The monoisotopic (exact) mass is 285 g/mol. The topological polar surface area (TPSA) is 49.0 Å². The van der Waals surface area contributed by atoms with Crippen molar-refractivity contribution in [3.8, 4) is 0 Å². The van der Waals surface area contributed by atoms with Gasteiger partial charge in [-0.2, -0.15) is 5.10 Å². The normalized spacial score (nSPS) is 19.2. The van der Waals surface area contributed by atoms with E-state index in [1.807, 2.05) is 17.2 Å². The Labute approximate surface area is 126 Å². The molecule has 0 radical (unpaired) electrons. The van der Waals surface area contributed by atoms with Gasteiger partial charge in [0.2, 0.25) is 6.41 Å². The highest BCUT2D eigenvalue weighted by molar-refractivity contribution is 5.76. The number of rotatable bonds is 5. The van der Waals surface area contributed by atoms with Crippen LogP contribution in [0.15, 0.2) is 36.6 Å². The highest BCUT2D eigenvalue weighted by Crippen LogP contribution is 2.30. The van der Waals surface area contributed by atoms with Gasteiger partial charge in [-0.1, -0.05) is 30.4 Å². The van der Waals surface area contributed by atoms with Gasteiger partial charge in [0.25, 0.3) is 0 Å². The molecule has 1 aliphatic rings. The van der Waals surface area contributed by atoms with Crippen LogP contribution in [0.1, 0.15) is 43.9 Å². The number of hydrogen-bond acceptors (Lipinski definition) is 2. The molecule has 1 aromatic heterocycles. The molecule has 112 valence electrons. The zero-order valence-electron chi connectivity index (χ0n) is 12.8. The summed E-state index contributed by atoms with van der Waals surface area (Å²) in [7, 11) is 0. The van der Waals surface area contributed by atoms with Crippen LogP contribution in [0.4, 0.5) is 0 Å². The van der Waals surface area contributed by atoms with Crippen molar-refractivity contribution in [3.05, 3.63) is 47.8 Å². The number of carbonyl (C=O) groups excluding carboxylic acids is 1. The van der Waals surface area contributed by atoms with Gasteiger partial charge in [0.1, 0.15) is 0 Å². The van der Waals surface area contributed by atoms with Crippen LogP contribution in [0.25, 0.3) is 5.57 Å². The molecule has 1 atom stereocenters. The van der Waals surface area contributed by atoms with Crippen molar-refractivity contribution < 1.29 is 4.79 Å². The first kappa shape index (κ1) is 15.3. The second-order valence-corrected chi connectivity index (χ2v) is 5.71. The molecule has 0 aromatic carbocycles. The molecule has 4 nitrogen and oxygen atoms in total. The summed E-state index contributed by atoms with van der Waals surface area (Å²) in [6.07, 6.45) is 10.9. The quantitative estimate of drug-likeness (QED) is 0.666. The van der Waals surface area contributed by atoms with Crippen molar-refractivity contribution in [2.24, 2.45) is 0 Å². The van der Waals surface area contributed by atoms with Gasteiger partial charge in [0, 0.05) is 30.3 Å². The molecule has 0 saturated carbocycles. The number of piperidine rings is 1. The maximum Gasteiger partial charge on any atom is 0.209 e. The maximum absolute atomic E-state index is 11.0. The highest BCUT2D eigenvalue weighted by Gasteiger charge is 2.24. The Morgan fingerprint density at radius 1 is 1.48 bits per heavy atom. The molecule has 1 N–H and O–H groups in total. The van der Waals surface area contributed by atoms with E-state index in [4.69, 9.17) is 0 Å². The van der Waals surface area contributed by atoms with Gasteiger partial charge >= 0.3 is 0 Å². The molecule has 0 spiro atoms. The van der Waals surface area contributed by atoms with Crippen molar-refractivity contribution in [2.75, 3.05) is 13.1 Å². The van der Waals surface area contributed by atoms with Gasteiger partial charge in [-0.3, -0.25) is 9.89 Å². The third kappa shape index (κ3) is 3.72. The van der Waals surface area contributed by atoms with Crippen LogP contribution in [0.5, 0.6) is 0 Å². The average molecular weight is 285 g/mol. The Balaban J connectivity index is 2.29. The van der Waals surface area contributed by atoms with Gasteiger partial charge in [0.15, 0.2) is 0 Å². The van der Waals surface area contributed by atoms with Gasteiger partial charge in [-0.15, -0.1) is 0 Å². The number of hydrogen-bond donors (Lipinski definition) is 1. The van der Waals surface area contributed by atoms with Crippen molar-refractivity contribution in [3.63, 3.8) is 0 Å². The maximum atomic E-state index is 11.0. The van der Waals surface area contributed by atoms with Crippen LogP contribution in [0.2, 0.25) is 0 Å². The smallest absolute Gasteiger partial charge is 0.209 e. The Morgan fingerprint density at radius 3 is 2.95 bits per heavy atom. The van der Waals surface area contributed by atoms with Gasteiger partial charge in [-0.05, 0) is 32.3 Å². The van der Waals surface area contributed by atoms with Gasteiger partial charge in [-0.25, -0.2) is 0 Å². The second kappa shape index (κ2) is 7.07. The molecule has 0 bridgehead atoms. The minimum absolute atomic E-state index is 0.316. The lowest BCUT2D eigenvalue weighted by Gasteiger charge is -2.29. The molecular formula is C17H23N3O. The van der Waals surface area contributed by atoms with Crippen LogP contribution in [0, 0.1) is 0 Å². The van der Waals surface area contributed by atoms with E-state index in [9.17, 15) is 4.79 Å². The van der Waals surface area contributed by atoms with Crippen molar-refractivity contribution in [2.45, 2.75) is 32.6 Å². The lowest BCUT2D eigenvalue weighted by Crippen LogP contribution is -2.33. The zero-order valence-corrected chi connectivity index (χ0v) is 12.8. The molecule has 2 rings (SSSR count). The predicted octanol–water partition coefficient (Wildman–Crippen LogP) is 3.28. The van der Waals surface area contributed by atoms with E-state index in [1.54, 1.807) is 0 Å². The molecule has 1 fully saturated rings. The first-order valence-electron chi connectivity index (χ1n) is 7.36. The summed E-state index contributed by atoms with van der Waals surface area (Å²) < 4.78 is 0. The molecular weight excluding hydrogens is 262 g/mol. The van der Waals surface area contributed by atoms with Crippen molar-refractivity contribution in [1.82, 2.24) is 15.1 Å². The van der Waals surface area contributed by atoms with E-state index < -0.39 is 0 Å². The number of nitrogens with zero attached hydrogens (tertiary/aromatic N) is 2. The summed E-state index contributed by atoms with van der Waals surface area (Å²) in [5.41, 5.74) is 4.49. The summed E-state index contributed by atoms with van der Waals surface area (Å²) in [6.45, 7) is 9.65. The van der Waals surface area contributed by atoms with Crippen molar-refractivity contribution >= 4 is 12.0 Å². The van der Waals surface area contributed by atoms with Crippen LogP contribution < -0.4 is 0 Å². The number of aromatic nitrogens is 2. The zero-order chi connectivity index (χ0) is 15.2. The SMILES string of the molecule is C=C/C(=C\C=C(C)C)c1cn[nH]c1C1CCCN(C=O)C1. The van der Waals surface area contributed by atoms with E-state index in [1.165, 1.54) is 5.57 Å². The molecule has 4 heteroatoms. The Bertz CT molecular complexity index is 564. The standard InChI is InChI=1S/C17H23N3O/c1-4-14(8-7-13(2)3)16-10-18-19-17(16)15-6-5-9-20(11-15)12-21/h4,7-8,10,12,15H,1,5-6,9,11H2,2-3H3,(H,18,19)/b14-8+. The number of likely N-dealkylation sites (tertiary alicyclic amines) is 1. The summed E-state index contributed by atoms with van der Waals surface area (Å²) in [5.74, 6) is 0.316. The van der Waals surface area contributed by atoms with Crippen molar-refractivity contribution in [1.29, 1.82) is 0 Å². The fourth-order valence-corrected chi connectivity index (χ4v) is 2.70. The largest absolute Gasteiger partial charge is 0.345 e. The lowest BCUT2D eigenvalue weighted by molar-refractivity contribution is -0.119. The Kier molecular flexibility index (Phi) is 5.14. The van der Waals surface area contributed by atoms with Crippen LogP contribution in [0.3, 0.4) is 0 Å². The van der Waals surface area contributed by atoms with Crippen LogP contribution in [-0.2, 0) is 4.79 Å². The second-order valence-electron chi connectivity index (χ2n) is 5.71. The van der Waals surface area contributed by atoms with Gasteiger partial charge < -0.3 is 4.90 Å². The van der Waals surface area contributed by atoms with E-state index in [-0.39, 0.29) is 0 Å². The molecule has 0 aliphatic carbocycles. The average Bonchev–Trinajstić information content (AvgIpc) is 2.97. The summed E-state index contributed by atoms with van der Waals surface area (Å²) in [4.78, 5) is 12.8. The first-order chi connectivity index (χ1) is 10.2. The van der Waals surface area contributed by atoms with E-state index in [0.29, 0.717) is 5.92 Å². The summed E-state index contributed by atoms with van der Waals surface area (Å²) in [6, 6.07) is 0.